The zero-order valence-electron chi connectivity index (χ0n) is 14.7. The van der Waals surface area contributed by atoms with Gasteiger partial charge in [-0.05, 0) is 23.8 Å². The highest BCUT2D eigenvalue weighted by Crippen LogP contribution is 2.23. The van der Waals surface area contributed by atoms with E-state index in [4.69, 9.17) is 4.74 Å². The average Bonchev–Trinajstić information content (AvgIpc) is 2.59. The molecule has 0 fully saturated rings. The number of ether oxygens (including phenoxy) is 1. The summed E-state index contributed by atoms with van der Waals surface area (Å²) in [5.41, 5.74) is 1.68. The van der Waals surface area contributed by atoms with Crippen LogP contribution in [0.15, 0.2) is 60.7 Å². The molecular weight excluding hydrogens is 336 g/mol. The van der Waals surface area contributed by atoms with Crippen LogP contribution in [-0.4, -0.2) is 33.2 Å². The molecule has 134 valence electrons. The Hall–Kier alpha value is -2.30. The van der Waals surface area contributed by atoms with Crippen LogP contribution in [0.3, 0.4) is 0 Å². The van der Waals surface area contributed by atoms with Crippen LogP contribution in [0.2, 0.25) is 0 Å². The second-order valence-electron chi connectivity index (χ2n) is 5.89. The number of halogens is 1. The van der Waals surface area contributed by atoms with E-state index in [-0.39, 0.29) is 18.3 Å². The summed E-state index contributed by atoms with van der Waals surface area (Å²) in [6.07, 6.45) is 4.29. The van der Waals surface area contributed by atoms with Gasteiger partial charge < -0.3 is 27.4 Å². The Labute approximate surface area is 155 Å². The van der Waals surface area contributed by atoms with Gasteiger partial charge in [0.2, 0.25) is 5.91 Å². The number of para-hydroxylation sites is 2. The lowest BCUT2D eigenvalue weighted by Gasteiger charge is -2.12. The first-order valence-electron chi connectivity index (χ1n) is 8.20. The molecule has 5 heteroatoms. The predicted molar refractivity (Wildman–Crippen MR) is 98.3 cm³/mol. The van der Waals surface area contributed by atoms with Gasteiger partial charge in [-0.2, -0.15) is 0 Å². The van der Waals surface area contributed by atoms with E-state index in [9.17, 15) is 4.79 Å². The third-order valence-electron chi connectivity index (χ3n) is 3.45. The first kappa shape index (κ1) is 20.7. The molecule has 0 unspecified atom stereocenters. The Morgan fingerprint density at radius 3 is 2.48 bits per heavy atom. The quantitative estimate of drug-likeness (QED) is 0.481. The molecule has 0 saturated heterocycles. The highest BCUT2D eigenvalue weighted by Gasteiger charge is 2.05. The lowest BCUT2D eigenvalue weighted by Crippen LogP contribution is -3.05. The summed E-state index contributed by atoms with van der Waals surface area (Å²) >= 11 is 0. The second-order valence-corrected chi connectivity index (χ2v) is 5.89. The van der Waals surface area contributed by atoms with Crippen molar-refractivity contribution >= 4 is 17.7 Å². The van der Waals surface area contributed by atoms with E-state index in [1.165, 1.54) is 11.0 Å². The standard InChI is InChI=1S/C20H24N2O2.ClH/c1-22(2)15-8-16-24-19-12-7-6-11-18(19)21-20(23)14-13-17-9-4-3-5-10-17;/h3-7,9-14H,8,15-16H2,1-2H3,(H,21,23);1H/b14-13+;. The molecule has 0 aliphatic heterocycles. The third kappa shape index (κ3) is 7.88. The minimum atomic E-state index is -0.173. The summed E-state index contributed by atoms with van der Waals surface area (Å²) in [5.74, 6) is 0.528. The van der Waals surface area contributed by atoms with Crippen molar-refractivity contribution in [3.05, 3.63) is 66.2 Å². The van der Waals surface area contributed by atoms with Gasteiger partial charge in [-0.3, -0.25) is 4.79 Å². The number of carbonyl (C=O) groups is 1. The SMILES string of the molecule is C[NH+](C)CCCOc1ccccc1NC(=O)/C=C/c1ccccc1.[Cl-]. The molecule has 0 spiro atoms. The van der Waals surface area contributed by atoms with Gasteiger partial charge in [0.15, 0.2) is 0 Å². The van der Waals surface area contributed by atoms with Crippen LogP contribution in [0.1, 0.15) is 12.0 Å². The Morgan fingerprint density at radius 2 is 1.76 bits per heavy atom. The number of nitrogens with one attached hydrogen (secondary N) is 2. The van der Waals surface area contributed by atoms with Crippen molar-refractivity contribution < 1.29 is 26.8 Å². The van der Waals surface area contributed by atoms with Gasteiger partial charge in [0.25, 0.3) is 0 Å². The van der Waals surface area contributed by atoms with Crippen molar-refractivity contribution in [1.29, 1.82) is 0 Å². The van der Waals surface area contributed by atoms with Crippen molar-refractivity contribution in [3.63, 3.8) is 0 Å². The molecule has 2 rings (SSSR count). The molecule has 0 heterocycles. The molecule has 0 aromatic heterocycles. The van der Waals surface area contributed by atoms with E-state index in [1.807, 2.05) is 54.6 Å². The van der Waals surface area contributed by atoms with Gasteiger partial charge in [0, 0.05) is 12.5 Å². The molecule has 25 heavy (non-hydrogen) atoms. The van der Waals surface area contributed by atoms with Crippen LogP contribution >= 0.6 is 0 Å². The molecule has 2 N–H and O–H groups in total. The van der Waals surface area contributed by atoms with E-state index in [0.29, 0.717) is 18.0 Å². The lowest BCUT2D eigenvalue weighted by atomic mass is 10.2. The molecule has 0 aliphatic rings. The summed E-state index contributed by atoms with van der Waals surface area (Å²) in [7, 11) is 4.24. The van der Waals surface area contributed by atoms with Crippen LogP contribution in [0.25, 0.3) is 6.08 Å². The number of hydrogen-bond donors (Lipinski definition) is 2. The molecule has 1 amide bonds. The zero-order valence-corrected chi connectivity index (χ0v) is 15.4. The van der Waals surface area contributed by atoms with Crippen LogP contribution in [0, 0.1) is 0 Å². The third-order valence-corrected chi connectivity index (χ3v) is 3.45. The van der Waals surface area contributed by atoms with Gasteiger partial charge in [0.05, 0.1) is 32.9 Å². The first-order chi connectivity index (χ1) is 11.6. The highest BCUT2D eigenvalue weighted by atomic mass is 35.5. The molecule has 0 radical (unpaired) electrons. The number of hydrogen-bond acceptors (Lipinski definition) is 2. The smallest absolute Gasteiger partial charge is 0.248 e. The molecule has 0 bridgehead atoms. The Balaban J connectivity index is 0.00000312. The van der Waals surface area contributed by atoms with Gasteiger partial charge in [-0.25, -0.2) is 0 Å². The fourth-order valence-electron chi connectivity index (χ4n) is 2.21. The molecule has 4 nitrogen and oxygen atoms in total. The van der Waals surface area contributed by atoms with Gasteiger partial charge >= 0.3 is 0 Å². The van der Waals surface area contributed by atoms with E-state index >= 15 is 0 Å². The molecule has 0 aliphatic carbocycles. The van der Waals surface area contributed by atoms with E-state index < -0.39 is 0 Å². The number of anilines is 1. The summed E-state index contributed by atoms with van der Waals surface area (Å²) in [4.78, 5) is 13.5. The van der Waals surface area contributed by atoms with Crippen LogP contribution < -0.4 is 27.4 Å². The Kier molecular flexibility index (Phi) is 9.37. The highest BCUT2D eigenvalue weighted by molar-refractivity contribution is 6.02. The van der Waals surface area contributed by atoms with Gasteiger partial charge in [-0.1, -0.05) is 42.5 Å². The van der Waals surface area contributed by atoms with Crippen LogP contribution in [0.4, 0.5) is 5.69 Å². The molecule has 2 aromatic rings. The maximum absolute atomic E-state index is 12.1. The number of rotatable bonds is 8. The van der Waals surface area contributed by atoms with E-state index in [1.54, 1.807) is 6.08 Å². The van der Waals surface area contributed by atoms with Crippen molar-refractivity contribution in [3.8, 4) is 5.75 Å². The van der Waals surface area contributed by atoms with E-state index in [0.717, 1.165) is 18.5 Å². The normalized spacial score (nSPS) is 10.5. The van der Waals surface area contributed by atoms with Gasteiger partial charge in [-0.15, -0.1) is 0 Å². The van der Waals surface area contributed by atoms with E-state index in [2.05, 4.69) is 19.4 Å². The summed E-state index contributed by atoms with van der Waals surface area (Å²) in [5, 5.41) is 2.87. The fourth-order valence-corrected chi connectivity index (χ4v) is 2.21. The Bertz CT molecular complexity index is 672. The van der Waals surface area contributed by atoms with Crippen LogP contribution in [0.5, 0.6) is 5.75 Å². The number of benzene rings is 2. The number of amides is 1. The largest absolute Gasteiger partial charge is 1.00 e. The molecule has 0 atom stereocenters. The molecule has 0 saturated carbocycles. The van der Waals surface area contributed by atoms with Crippen molar-refractivity contribution in [1.82, 2.24) is 0 Å². The average molecular weight is 361 g/mol. The fraction of sp³-hybridized carbons (Fsp3) is 0.250. The molecule has 2 aromatic carbocycles. The molecular formula is C20H25ClN2O2. The van der Waals surface area contributed by atoms with Crippen LogP contribution in [-0.2, 0) is 4.79 Å². The summed E-state index contributed by atoms with van der Waals surface area (Å²) < 4.78 is 5.80. The number of carbonyl (C=O) groups excluding carboxylic acids is 1. The minimum absolute atomic E-state index is 0. The van der Waals surface area contributed by atoms with Crippen molar-refractivity contribution in [2.45, 2.75) is 6.42 Å². The van der Waals surface area contributed by atoms with Crippen molar-refractivity contribution in [2.75, 3.05) is 32.6 Å². The maximum Gasteiger partial charge on any atom is 0.248 e. The van der Waals surface area contributed by atoms with Gasteiger partial charge in [0.1, 0.15) is 5.75 Å². The minimum Gasteiger partial charge on any atom is -1.00 e. The first-order valence-corrected chi connectivity index (χ1v) is 8.20. The topological polar surface area (TPSA) is 42.8 Å². The monoisotopic (exact) mass is 360 g/mol. The Morgan fingerprint density at radius 1 is 1.08 bits per heavy atom. The zero-order chi connectivity index (χ0) is 17.2. The second kappa shape index (κ2) is 11.3. The predicted octanol–water partition coefficient (Wildman–Crippen LogP) is -0.744. The summed E-state index contributed by atoms with van der Waals surface area (Å²) in [6.45, 7) is 1.69. The van der Waals surface area contributed by atoms with Crippen molar-refractivity contribution in [2.24, 2.45) is 0 Å². The summed E-state index contributed by atoms with van der Waals surface area (Å²) in [6, 6.07) is 17.2. The number of quaternary nitrogens is 1. The maximum atomic E-state index is 12.1. The lowest BCUT2D eigenvalue weighted by molar-refractivity contribution is -0.858.